The van der Waals surface area contributed by atoms with Crippen LogP contribution in [-0.4, -0.2) is 9.97 Å². The molecule has 38 heavy (non-hydrogen) atoms. The Bertz CT molecular complexity index is 1870. The Balaban J connectivity index is 1.42. The Morgan fingerprint density at radius 3 is 1.50 bits per heavy atom. The number of hydrogen-bond donors (Lipinski definition) is 0. The van der Waals surface area contributed by atoms with Gasteiger partial charge >= 0.3 is 0 Å². The summed E-state index contributed by atoms with van der Waals surface area (Å²) in [7, 11) is 0. The Morgan fingerprint density at radius 2 is 0.921 bits per heavy atom. The second-order valence-corrected chi connectivity index (χ2v) is 8.88. The molecule has 1 heterocycles. The highest BCUT2D eigenvalue weighted by atomic mass is 14.9. The number of hydrogen-bond acceptors (Lipinski definition) is 4. The van der Waals surface area contributed by atoms with E-state index in [0.29, 0.717) is 17.0 Å². The van der Waals surface area contributed by atoms with Gasteiger partial charge in [0.1, 0.15) is 0 Å². The summed E-state index contributed by atoms with van der Waals surface area (Å²) in [6.45, 7) is 0. The van der Waals surface area contributed by atoms with Crippen LogP contribution in [0.5, 0.6) is 0 Å². The quantitative estimate of drug-likeness (QED) is 0.254. The van der Waals surface area contributed by atoms with Crippen LogP contribution in [0.4, 0.5) is 0 Å². The summed E-state index contributed by atoms with van der Waals surface area (Å²) in [4.78, 5) is 9.85. The summed E-state index contributed by atoms with van der Waals surface area (Å²) < 4.78 is 0. The molecule has 0 atom stereocenters. The van der Waals surface area contributed by atoms with Crippen molar-refractivity contribution >= 4 is 10.9 Å². The normalized spacial score (nSPS) is 10.6. The predicted molar refractivity (Wildman–Crippen MR) is 151 cm³/mol. The monoisotopic (exact) mass is 484 g/mol. The first-order valence-electron chi connectivity index (χ1n) is 12.2. The molecule has 176 valence electrons. The molecule has 4 heteroatoms. The summed E-state index contributed by atoms with van der Waals surface area (Å²) in [6.07, 6.45) is 0. The third-order valence-corrected chi connectivity index (χ3v) is 6.62. The van der Waals surface area contributed by atoms with Crippen molar-refractivity contribution in [3.05, 3.63) is 132 Å². The lowest BCUT2D eigenvalue weighted by Crippen LogP contribution is -1.95. The van der Waals surface area contributed by atoms with Gasteiger partial charge in [-0.05, 0) is 40.5 Å². The summed E-state index contributed by atoms with van der Waals surface area (Å²) in [5.41, 5.74) is 8.65. The minimum Gasteiger partial charge on any atom is -0.228 e. The van der Waals surface area contributed by atoms with Crippen LogP contribution >= 0.6 is 0 Å². The molecule has 0 spiro atoms. The molecule has 6 aromatic rings. The molecule has 1 aromatic heterocycles. The highest BCUT2D eigenvalue weighted by molar-refractivity contribution is 5.94. The Labute approximate surface area is 220 Å². The molecule has 0 aliphatic heterocycles. The molecule has 0 bridgehead atoms. The van der Waals surface area contributed by atoms with E-state index in [2.05, 4.69) is 12.1 Å². The Morgan fingerprint density at radius 1 is 0.447 bits per heavy atom. The van der Waals surface area contributed by atoms with Crippen molar-refractivity contribution in [2.75, 3.05) is 0 Å². The first-order chi connectivity index (χ1) is 18.7. The largest absolute Gasteiger partial charge is 0.228 e. The summed E-state index contributed by atoms with van der Waals surface area (Å²) in [5, 5.41) is 19.9. The summed E-state index contributed by atoms with van der Waals surface area (Å²) >= 11 is 0. The van der Waals surface area contributed by atoms with Crippen molar-refractivity contribution in [3.8, 4) is 57.0 Å². The maximum atomic E-state index is 9.50. The fraction of sp³-hybridized carbons (Fsp3) is 0. The Kier molecular flexibility index (Phi) is 5.91. The molecule has 0 fully saturated rings. The first-order valence-corrected chi connectivity index (χ1v) is 12.2. The lowest BCUT2D eigenvalue weighted by atomic mass is 9.97. The minimum atomic E-state index is 0.637. The van der Waals surface area contributed by atoms with Gasteiger partial charge in [-0.25, -0.2) is 9.97 Å². The maximum Gasteiger partial charge on any atom is 0.160 e. The van der Waals surface area contributed by atoms with Gasteiger partial charge in [0.05, 0.1) is 34.5 Å². The van der Waals surface area contributed by atoms with E-state index < -0.39 is 0 Å². The average Bonchev–Trinajstić information content (AvgIpc) is 3.00. The first kappa shape index (κ1) is 22.9. The van der Waals surface area contributed by atoms with Crippen LogP contribution in [0.1, 0.15) is 11.1 Å². The molecule has 0 unspecified atom stereocenters. The number of nitrogens with zero attached hydrogens (tertiary/aromatic N) is 4. The molecule has 0 radical (unpaired) electrons. The molecule has 0 aliphatic rings. The van der Waals surface area contributed by atoms with E-state index in [1.807, 2.05) is 121 Å². The minimum absolute atomic E-state index is 0.637. The molecule has 5 aromatic carbocycles. The zero-order valence-corrected chi connectivity index (χ0v) is 20.3. The van der Waals surface area contributed by atoms with Crippen LogP contribution in [0.25, 0.3) is 55.8 Å². The van der Waals surface area contributed by atoms with Crippen molar-refractivity contribution < 1.29 is 0 Å². The fourth-order valence-electron chi connectivity index (χ4n) is 4.70. The molecule has 4 nitrogen and oxygen atoms in total. The van der Waals surface area contributed by atoms with E-state index in [1.54, 1.807) is 0 Å². The highest BCUT2D eigenvalue weighted by Crippen LogP contribution is 2.32. The van der Waals surface area contributed by atoms with Crippen LogP contribution in [0.2, 0.25) is 0 Å². The summed E-state index contributed by atoms with van der Waals surface area (Å²) in [6, 6.07) is 43.9. The molecular formula is C34H20N4. The average molecular weight is 485 g/mol. The number of rotatable bonds is 4. The smallest absolute Gasteiger partial charge is 0.160 e. The number of para-hydroxylation sites is 1. The van der Waals surface area contributed by atoms with Gasteiger partial charge in [-0.1, -0.05) is 103 Å². The van der Waals surface area contributed by atoms with Crippen LogP contribution < -0.4 is 0 Å². The van der Waals surface area contributed by atoms with E-state index in [1.165, 1.54) is 0 Å². The number of benzene rings is 5. The van der Waals surface area contributed by atoms with E-state index >= 15 is 0 Å². The molecular weight excluding hydrogens is 464 g/mol. The molecule has 0 aliphatic carbocycles. The van der Waals surface area contributed by atoms with Crippen molar-refractivity contribution in [1.82, 2.24) is 9.97 Å². The number of fused-ring (bicyclic) bond motifs is 1. The Hall–Kier alpha value is -5.58. The van der Waals surface area contributed by atoms with Gasteiger partial charge in [-0.2, -0.15) is 10.5 Å². The van der Waals surface area contributed by atoms with Crippen LogP contribution in [0.15, 0.2) is 121 Å². The van der Waals surface area contributed by atoms with Gasteiger partial charge in [0.2, 0.25) is 0 Å². The molecule has 6 rings (SSSR count). The van der Waals surface area contributed by atoms with Crippen molar-refractivity contribution in [2.24, 2.45) is 0 Å². The summed E-state index contributed by atoms with van der Waals surface area (Å²) in [5.74, 6) is 0.637. The fourth-order valence-corrected chi connectivity index (χ4v) is 4.70. The second kappa shape index (κ2) is 9.82. The lowest BCUT2D eigenvalue weighted by molar-refractivity contribution is 1.23. The van der Waals surface area contributed by atoms with Gasteiger partial charge in [-0.3, -0.25) is 0 Å². The third kappa shape index (κ3) is 4.17. The molecule has 0 saturated carbocycles. The van der Waals surface area contributed by atoms with E-state index in [9.17, 15) is 10.5 Å². The van der Waals surface area contributed by atoms with E-state index in [0.717, 1.165) is 50.0 Å². The molecule has 0 saturated heterocycles. The second-order valence-electron chi connectivity index (χ2n) is 8.88. The zero-order valence-electron chi connectivity index (χ0n) is 20.3. The van der Waals surface area contributed by atoms with Crippen molar-refractivity contribution in [2.45, 2.75) is 0 Å². The zero-order chi connectivity index (χ0) is 25.9. The van der Waals surface area contributed by atoms with Gasteiger partial charge in [0.15, 0.2) is 5.82 Å². The van der Waals surface area contributed by atoms with Crippen LogP contribution in [0, 0.1) is 22.7 Å². The van der Waals surface area contributed by atoms with Gasteiger partial charge in [0, 0.05) is 16.5 Å². The van der Waals surface area contributed by atoms with Gasteiger partial charge in [0.25, 0.3) is 0 Å². The standard InChI is InChI=1S/C34H20N4/c35-21-27-7-1-3-9-29(27)23-13-17-25(18-14-23)33-31-11-5-6-12-32(31)37-34(38-33)26-19-15-24(16-20-26)30-10-4-2-8-28(30)22-36/h1-20H. The number of aromatic nitrogens is 2. The molecule has 0 N–H and O–H groups in total. The van der Waals surface area contributed by atoms with Crippen LogP contribution in [-0.2, 0) is 0 Å². The van der Waals surface area contributed by atoms with Crippen molar-refractivity contribution in [1.29, 1.82) is 10.5 Å². The predicted octanol–water partition coefficient (Wildman–Crippen LogP) is 8.04. The molecule has 0 amide bonds. The number of nitriles is 2. The maximum absolute atomic E-state index is 9.50. The van der Waals surface area contributed by atoms with Gasteiger partial charge in [-0.15, -0.1) is 0 Å². The highest BCUT2D eigenvalue weighted by Gasteiger charge is 2.13. The topological polar surface area (TPSA) is 73.4 Å². The lowest BCUT2D eigenvalue weighted by Gasteiger charge is -2.11. The van der Waals surface area contributed by atoms with E-state index in [4.69, 9.17) is 9.97 Å². The van der Waals surface area contributed by atoms with E-state index in [-0.39, 0.29) is 0 Å². The van der Waals surface area contributed by atoms with Crippen molar-refractivity contribution in [3.63, 3.8) is 0 Å². The third-order valence-electron chi connectivity index (χ3n) is 6.62. The van der Waals surface area contributed by atoms with Gasteiger partial charge < -0.3 is 0 Å². The SMILES string of the molecule is N#Cc1ccccc1-c1ccc(-c2nc(-c3ccc(-c4ccccc4C#N)cc3)c3ccccc3n2)cc1. The van der Waals surface area contributed by atoms with Crippen LogP contribution in [0.3, 0.4) is 0 Å².